The van der Waals surface area contributed by atoms with Crippen molar-refractivity contribution in [3.8, 4) is 0 Å². The fourth-order valence-electron chi connectivity index (χ4n) is 2.29. The quantitative estimate of drug-likeness (QED) is 0.758. The van der Waals surface area contributed by atoms with E-state index in [0.29, 0.717) is 31.7 Å². The molecule has 112 valence electrons. The molecule has 0 saturated carbocycles. The van der Waals surface area contributed by atoms with Crippen LogP contribution in [0.15, 0.2) is 0 Å². The fourth-order valence-corrected chi connectivity index (χ4v) is 3.06. The molecule has 1 atom stereocenters. The zero-order valence-corrected chi connectivity index (χ0v) is 11.9. The van der Waals surface area contributed by atoms with E-state index in [1.807, 2.05) is 0 Å². The number of hydrogen-bond acceptors (Lipinski definition) is 5. The maximum absolute atomic E-state index is 12.1. The van der Waals surface area contributed by atoms with Crippen LogP contribution in [0.25, 0.3) is 0 Å². The number of nitrogens with one attached hydrogen (secondary N) is 1. The molecule has 2 aliphatic heterocycles. The Hall–Kier alpha value is -1.28. The second-order valence-corrected chi connectivity index (χ2v) is 5.83. The minimum Gasteiger partial charge on any atom is -0.481 e. The summed E-state index contributed by atoms with van der Waals surface area (Å²) in [5.74, 6) is -0.411. The van der Waals surface area contributed by atoms with E-state index in [4.69, 9.17) is 9.84 Å². The number of aliphatic carboxylic acids is 1. The molecule has 7 nitrogen and oxygen atoms in total. The predicted molar refractivity (Wildman–Crippen MR) is 72.6 cm³/mol. The molecule has 2 rings (SSSR count). The second-order valence-electron chi connectivity index (χ2n) is 4.83. The number of hydrogen-bond donors (Lipinski definition) is 2. The van der Waals surface area contributed by atoms with Crippen molar-refractivity contribution in [2.75, 3.05) is 25.4 Å². The van der Waals surface area contributed by atoms with E-state index in [9.17, 15) is 14.4 Å². The number of nitrogens with zero attached hydrogens (tertiary/aromatic N) is 1. The van der Waals surface area contributed by atoms with Crippen molar-refractivity contribution < 1.29 is 24.2 Å². The van der Waals surface area contributed by atoms with Crippen molar-refractivity contribution >= 4 is 28.9 Å². The van der Waals surface area contributed by atoms with Gasteiger partial charge in [-0.25, -0.2) is 0 Å². The summed E-state index contributed by atoms with van der Waals surface area (Å²) in [4.78, 5) is 35.3. The third-order valence-corrected chi connectivity index (χ3v) is 4.27. The number of piperidine rings is 1. The van der Waals surface area contributed by atoms with Crippen molar-refractivity contribution in [3.63, 3.8) is 0 Å². The highest BCUT2D eigenvalue weighted by Gasteiger charge is 2.33. The first kappa shape index (κ1) is 15.1. The largest absolute Gasteiger partial charge is 0.481 e. The van der Waals surface area contributed by atoms with E-state index < -0.39 is 12.0 Å². The summed E-state index contributed by atoms with van der Waals surface area (Å²) in [6.07, 6.45) is 1.44. The lowest BCUT2D eigenvalue weighted by molar-refractivity contribution is -0.139. The van der Waals surface area contributed by atoms with E-state index in [1.165, 1.54) is 0 Å². The van der Waals surface area contributed by atoms with E-state index >= 15 is 0 Å². The van der Waals surface area contributed by atoms with Crippen LogP contribution >= 0.6 is 11.8 Å². The van der Waals surface area contributed by atoms with Crippen LogP contribution in [-0.4, -0.2) is 64.7 Å². The minimum absolute atomic E-state index is 0.00444. The molecule has 8 heteroatoms. The monoisotopic (exact) mass is 302 g/mol. The molecule has 1 unspecified atom stereocenters. The Balaban J connectivity index is 1.69. The van der Waals surface area contributed by atoms with Crippen molar-refractivity contribution in [3.05, 3.63) is 0 Å². The Kier molecular flexibility index (Phi) is 5.24. The standard InChI is InChI=1S/C12H18N2O5S/c15-10(16)3-6-19-8-1-4-14(5-2-8)11(17)9-7-20-12(18)13-9/h8-9H,1-7H2,(H,13,18)(H,15,16). The van der Waals surface area contributed by atoms with Crippen molar-refractivity contribution in [2.45, 2.75) is 31.4 Å². The minimum atomic E-state index is -0.868. The van der Waals surface area contributed by atoms with E-state index in [0.717, 1.165) is 11.8 Å². The SMILES string of the molecule is O=C(O)CCOC1CCN(C(=O)C2CSC(=O)N2)CC1. The van der Waals surface area contributed by atoms with E-state index in [-0.39, 0.29) is 30.3 Å². The first-order chi connectivity index (χ1) is 9.56. The number of rotatable bonds is 5. The maximum atomic E-state index is 12.1. The molecule has 2 aliphatic rings. The van der Waals surface area contributed by atoms with Gasteiger partial charge < -0.3 is 20.1 Å². The maximum Gasteiger partial charge on any atom is 0.305 e. The Morgan fingerprint density at radius 3 is 2.65 bits per heavy atom. The molecule has 0 radical (unpaired) electrons. The number of carbonyl (C=O) groups excluding carboxylic acids is 2. The highest BCUT2D eigenvalue weighted by atomic mass is 32.2. The zero-order chi connectivity index (χ0) is 14.5. The summed E-state index contributed by atoms with van der Waals surface area (Å²) in [7, 11) is 0. The normalized spacial score (nSPS) is 23.7. The Bertz CT molecular complexity index is 395. The van der Waals surface area contributed by atoms with Gasteiger partial charge in [0.1, 0.15) is 6.04 Å². The number of ether oxygens (including phenoxy) is 1. The van der Waals surface area contributed by atoms with Gasteiger partial charge in [0.25, 0.3) is 5.24 Å². The molecule has 2 heterocycles. The summed E-state index contributed by atoms with van der Waals surface area (Å²) in [6.45, 7) is 1.39. The van der Waals surface area contributed by atoms with Crippen LogP contribution < -0.4 is 5.32 Å². The summed E-state index contributed by atoms with van der Waals surface area (Å²) in [5, 5.41) is 11.0. The molecule has 2 N–H and O–H groups in total. The van der Waals surface area contributed by atoms with Gasteiger partial charge in [-0.2, -0.15) is 0 Å². The van der Waals surface area contributed by atoms with Crippen LogP contribution in [-0.2, 0) is 14.3 Å². The third kappa shape index (κ3) is 4.11. The van der Waals surface area contributed by atoms with Crippen molar-refractivity contribution in [1.82, 2.24) is 10.2 Å². The Labute approximate surface area is 121 Å². The summed E-state index contributed by atoms with van der Waals surface area (Å²) in [6, 6.07) is -0.406. The van der Waals surface area contributed by atoms with Crippen LogP contribution in [0.1, 0.15) is 19.3 Å². The van der Waals surface area contributed by atoms with Crippen LogP contribution in [0.3, 0.4) is 0 Å². The molecule has 0 bridgehead atoms. The van der Waals surface area contributed by atoms with Crippen LogP contribution in [0.2, 0.25) is 0 Å². The number of carboxylic acids is 1. The van der Waals surface area contributed by atoms with Gasteiger partial charge in [0.15, 0.2) is 0 Å². The molecule has 0 aromatic heterocycles. The van der Waals surface area contributed by atoms with Gasteiger partial charge in [-0.05, 0) is 12.8 Å². The van der Waals surface area contributed by atoms with Gasteiger partial charge in [-0.1, -0.05) is 11.8 Å². The van der Waals surface area contributed by atoms with Crippen molar-refractivity contribution in [2.24, 2.45) is 0 Å². The van der Waals surface area contributed by atoms with Crippen LogP contribution in [0.4, 0.5) is 4.79 Å². The molecule has 0 aliphatic carbocycles. The average Bonchev–Trinajstić information content (AvgIpc) is 2.85. The first-order valence-corrected chi connectivity index (χ1v) is 7.60. The number of carbonyl (C=O) groups is 3. The van der Waals surface area contributed by atoms with Crippen molar-refractivity contribution in [1.29, 1.82) is 0 Å². The topological polar surface area (TPSA) is 95.9 Å². The Morgan fingerprint density at radius 1 is 1.40 bits per heavy atom. The van der Waals surface area contributed by atoms with E-state index in [1.54, 1.807) is 4.90 Å². The summed E-state index contributed by atoms with van der Waals surface area (Å²) >= 11 is 1.13. The Morgan fingerprint density at radius 2 is 2.10 bits per heavy atom. The number of thioether (sulfide) groups is 1. The number of carboxylic acid groups (broad SMARTS) is 1. The first-order valence-electron chi connectivity index (χ1n) is 6.61. The number of likely N-dealkylation sites (tertiary alicyclic amines) is 1. The molecule has 2 saturated heterocycles. The highest BCUT2D eigenvalue weighted by molar-refractivity contribution is 8.14. The smallest absolute Gasteiger partial charge is 0.305 e. The molecule has 0 aromatic carbocycles. The lowest BCUT2D eigenvalue weighted by Gasteiger charge is -2.33. The van der Waals surface area contributed by atoms with Gasteiger partial charge in [0.2, 0.25) is 5.91 Å². The molecule has 0 aromatic rings. The van der Waals surface area contributed by atoms with Crippen LogP contribution in [0.5, 0.6) is 0 Å². The molecular weight excluding hydrogens is 284 g/mol. The molecule has 0 spiro atoms. The molecular formula is C12H18N2O5S. The predicted octanol–water partition coefficient (Wildman–Crippen LogP) is 0.294. The second kappa shape index (κ2) is 6.94. The van der Waals surface area contributed by atoms with Gasteiger partial charge in [-0.3, -0.25) is 14.4 Å². The van der Waals surface area contributed by atoms with E-state index in [2.05, 4.69) is 5.32 Å². The van der Waals surface area contributed by atoms with Gasteiger partial charge in [-0.15, -0.1) is 0 Å². The molecule has 2 fully saturated rings. The van der Waals surface area contributed by atoms with Gasteiger partial charge in [0, 0.05) is 18.8 Å². The molecule has 20 heavy (non-hydrogen) atoms. The molecule has 2 amide bonds. The fraction of sp³-hybridized carbons (Fsp3) is 0.750. The zero-order valence-electron chi connectivity index (χ0n) is 11.0. The van der Waals surface area contributed by atoms with Gasteiger partial charge in [0.05, 0.1) is 19.1 Å². The summed E-state index contributed by atoms with van der Waals surface area (Å²) in [5.41, 5.74) is 0. The average molecular weight is 302 g/mol. The summed E-state index contributed by atoms with van der Waals surface area (Å²) < 4.78 is 5.47. The highest BCUT2D eigenvalue weighted by Crippen LogP contribution is 2.19. The third-order valence-electron chi connectivity index (χ3n) is 3.39. The lowest BCUT2D eigenvalue weighted by Crippen LogP contribution is -2.49. The van der Waals surface area contributed by atoms with Gasteiger partial charge >= 0.3 is 5.97 Å². The lowest BCUT2D eigenvalue weighted by atomic mass is 10.1. The van der Waals surface area contributed by atoms with Crippen LogP contribution in [0, 0.1) is 0 Å². The number of amides is 2.